The Labute approximate surface area is 145 Å². The predicted octanol–water partition coefficient (Wildman–Crippen LogP) is 1.95. The van der Waals surface area contributed by atoms with Crippen LogP contribution in [0.1, 0.15) is 22.5 Å². The van der Waals surface area contributed by atoms with E-state index in [0.717, 1.165) is 36.5 Å². The van der Waals surface area contributed by atoms with Gasteiger partial charge in [0.2, 0.25) is 0 Å². The van der Waals surface area contributed by atoms with Gasteiger partial charge < -0.3 is 15.4 Å². The van der Waals surface area contributed by atoms with Crippen LogP contribution in [0.3, 0.4) is 0 Å². The molecule has 0 atom stereocenters. The number of piperidine rings is 1. The lowest BCUT2D eigenvalue weighted by Crippen LogP contribution is -2.47. The van der Waals surface area contributed by atoms with Gasteiger partial charge >= 0.3 is 0 Å². The highest BCUT2D eigenvalue weighted by atomic mass is 32.1. The molecule has 2 N–H and O–H groups in total. The molecule has 0 aromatic carbocycles. The Morgan fingerprint density at radius 3 is 2.83 bits per heavy atom. The van der Waals surface area contributed by atoms with Crippen molar-refractivity contribution in [2.24, 2.45) is 5.41 Å². The molecule has 0 bridgehead atoms. The Bertz CT molecular complexity index is 663. The molecule has 1 saturated heterocycles. The maximum atomic E-state index is 12.5. The van der Waals surface area contributed by atoms with Crippen LogP contribution in [0.25, 0.3) is 10.6 Å². The third kappa shape index (κ3) is 3.98. The Hall–Kier alpha value is -1.83. The lowest BCUT2D eigenvalue weighted by molar-refractivity contribution is 0.0512. The van der Waals surface area contributed by atoms with Crippen LogP contribution in [-0.2, 0) is 4.74 Å². The fourth-order valence-corrected chi connectivity index (χ4v) is 3.84. The zero-order chi connectivity index (χ0) is 16.8. The van der Waals surface area contributed by atoms with Gasteiger partial charge in [0.1, 0.15) is 9.88 Å². The summed E-state index contributed by atoms with van der Waals surface area (Å²) < 4.78 is 5.39. The van der Waals surface area contributed by atoms with Crippen LogP contribution in [0.2, 0.25) is 0 Å². The van der Waals surface area contributed by atoms with E-state index in [9.17, 15) is 4.79 Å². The number of ether oxygens (including phenoxy) is 1. The van der Waals surface area contributed by atoms with Gasteiger partial charge in [0.15, 0.2) is 0 Å². The average molecular weight is 346 g/mol. The number of aromatic nitrogens is 2. The normalized spacial score (nSPS) is 16.7. The van der Waals surface area contributed by atoms with Crippen LogP contribution in [0.15, 0.2) is 30.7 Å². The number of hydrogen-bond acceptors (Lipinski definition) is 6. The van der Waals surface area contributed by atoms with Gasteiger partial charge in [-0.05, 0) is 38.1 Å². The SMILES string of the molecule is COCC1(CNC(=O)c2cnc(-c3ccncc3)s2)CCNCC1. The Morgan fingerprint density at radius 2 is 2.12 bits per heavy atom. The number of nitrogens with one attached hydrogen (secondary N) is 2. The maximum absolute atomic E-state index is 12.5. The van der Waals surface area contributed by atoms with Crippen molar-refractivity contribution >= 4 is 17.2 Å². The van der Waals surface area contributed by atoms with Crippen LogP contribution >= 0.6 is 11.3 Å². The van der Waals surface area contributed by atoms with Crippen molar-refractivity contribution in [3.05, 3.63) is 35.6 Å². The first-order chi connectivity index (χ1) is 11.7. The summed E-state index contributed by atoms with van der Waals surface area (Å²) in [4.78, 5) is 21.4. The van der Waals surface area contributed by atoms with Crippen LogP contribution in [-0.4, -0.2) is 49.2 Å². The molecule has 0 radical (unpaired) electrons. The molecule has 0 saturated carbocycles. The molecule has 2 aromatic heterocycles. The van der Waals surface area contributed by atoms with Gasteiger partial charge in [-0.25, -0.2) is 4.98 Å². The minimum Gasteiger partial charge on any atom is -0.384 e. The first kappa shape index (κ1) is 17.0. The molecule has 0 unspecified atom stereocenters. The Morgan fingerprint density at radius 1 is 1.38 bits per heavy atom. The van der Waals surface area contributed by atoms with Crippen molar-refractivity contribution in [1.29, 1.82) is 0 Å². The molecular formula is C17H22N4O2S. The molecule has 1 amide bonds. The fourth-order valence-electron chi connectivity index (χ4n) is 3.00. The third-order valence-electron chi connectivity index (χ3n) is 4.40. The average Bonchev–Trinajstić information content (AvgIpc) is 3.12. The van der Waals surface area contributed by atoms with E-state index in [2.05, 4.69) is 20.6 Å². The molecule has 1 fully saturated rings. The third-order valence-corrected chi connectivity index (χ3v) is 5.44. The summed E-state index contributed by atoms with van der Waals surface area (Å²) in [5.41, 5.74) is 0.997. The highest BCUT2D eigenvalue weighted by Crippen LogP contribution is 2.29. The molecule has 2 aromatic rings. The van der Waals surface area contributed by atoms with Crippen molar-refractivity contribution < 1.29 is 9.53 Å². The van der Waals surface area contributed by atoms with Crippen LogP contribution < -0.4 is 10.6 Å². The number of pyridine rings is 1. The molecule has 7 heteroatoms. The number of methoxy groups -OCH3 is 1. The van der Waals surface area contributed by atoms with Crippen molar-refractivity contribution in [2.75, 3.05) is 33.4 Å². The van der Waals surface area contributed by atoms with Gasteiger partial charge in [-0.1, -0.05) is 0 Å². The lowest BCUT2D eigenvalue weighted by atomic mass is 9.79. The van der Waals surface area contributed by atoms with Gasteiger partial charge in [0.25, 0.3) is 5.91 Å². The van der Waals surface area contributed by atoms with Crippen LogP contribution in [0, 0.1) is 5.41 Å². The second-order valence-electron chi connectivity index (χ2n) is 6.13. The second-order valence-corrected chi connectivity index (χ2v) is 7.16. The van der Waals surface area contributed by atoms with Gasteiger partial charge in [0.05, 0.1) is 12.8 Å². The Kier molecular flexibility index (Phi) is 5.55. The van der Waals surface area contributed by atoms with E-state index >= 15 is 0 Å². The van der Waals surface area contributed by atoms with E-state index in [1.165, 1.54) is 11.3 Å². The van der Waals surface area contributed by atoms with Gasteiger partial charge in [-0.15, -0.1) is 11.3 Å². The summed E-state index contributed by atoms with van der Waals surface area (Å²) in [6, 6.07) is 3.78. The molecule has 6 nitrogen and oxygen atoms in total. The maximum Gasteiger partial charge on any atom is 0.263 e. The van der Waals surface area contributed by atoms with Gasteiger partial charge in [-0.2, -0.15) is 0 Å². The number of carbonyl (C=O) groups is 1. The number of amides is 1. The monoisotopic (exact) mass is 346 g/mol. The molecule has 3 rings (SSSR count). The molecule has 128 valence electrons. The number of hydrogen-bond donors (Lipinski definition) is 2. The first-order valence-electron chi connectivity index (χ1n) is 8.07. The number of carbonyl (C=O) groups excluding carboxylic acids is 1. The van der Waals surface area contributed by atoms with Crippen molar-refractivity contribution in [3.8, 4) is 10.6 Å². The molecular weight excluding hydrogens is 324 g/mol. The first-order valence-corrected chi connectivity index (χ1v) is 8.88. The summed E-state index contributed by atoms with van der Waals surface area (Å²) in [5.74, 6) is -0.0678. The topological polar surface area (TPSA) is 76.1 Å². The predicted molar refractivity (Wildman–Crippen MR) is 94.1 cm³/mol. The van der Waals surface area contributed by atoms with E-state index in [4.69, 9.17) is 4.74 Å². The second kappa shape index (κ2) is 7.83. The van der Waals surface area contributed by atoms with E-state index in [-0.39, 0.29) is 11.3 Å². The smallest absolute Gasteiger partial charge is 0.263 e. The van der Waals surface area contributed by atoms with Crippen molar-refractivity contribution in [3.63, 3.8) is 0 Å². The molecule has 24 heavy (non-hydrogen) atoms. The molecule has 1 aliphatic rings. The minimum absolute atomic E-state index is 0.0221. The summed E-state index contributed by atoms with van der Waals surface area (Å²) in [5, 5.41) is 7.26. The summed E-state index contributed by atoms with van der Waals surface area (Å²) in [6.45, 7) is 3.22. The molecule has 3 heterocycles. The van der Waals surface area contributed by atoms with Gasteiger partial charge in [-0.3, -0.25) is 9.78 Å². The van der Waals surface area contributed by atoms with Crippen molar-refractivity contribution in [2.45, 2.75) is 12.8 Å². The van der Waals surface area contributed by atoms with Crippen LogP contribution in [0.4, 0.5) is 0 Å². The quantitative estimate of drug-likeness (QED) is 0.836. The van der Waals surface area contributed by atoms with Crippen molar-refractivity contribution in [1.82, 2.24) is 20.6 Å². The van der Waals surface area contributed by atoms with Crippen LogP contribution in [0.5, 0.6) is 0 Å². The number of thiazole rings is 1. The number of rotatable bonds is 6. The summed E-state index contributed by atoms with van der Waals surface area (Å²) >= 11 is 1.40. The zero-order valence-electron chi connectivity index (χ0n) is 13.7. The Balaban J connectivity index is 1.63. The van der Waals surface area contributed by atoms with E-state index < -0.39 is 0 Å². The highest BCUT2D eigenvalue weighted by molar-refractivity contribution is 7.16. The molecule has 1 aliphatic heterocycles. The summed E-state index contributed by atoms with van der Waals surface area (Å²) in [7, 11) is 1.72. The summed E-state index contributed by atoms with van der Waals surface area (Å²) in [6.07, 6.45) is 7.10. The number of nitrogens with zero attached hydrogens (tertiary/aromatic N) is 2. The zero-order valence-corrected chi connectivity index (χ0v) is 14.6. The fraction of sp³-hybridized carbons (Fsp3) is 0.471. The lowest BCUT2D eigenvalue weighted by Gasteiger charge is -2.37. The van der Waals surface area contributed by atoms with E-state index in [0.29, 0.717) is 18.0 Å². The minimum atomic E-state index is -0.0678. The highest BCUT2D eigenvalue weighted by Gasteiger charge is 2.32. The van der Waals surface area contributed by atoms with Gasteiger partial charge in [0, 0.05) is 37.0 Å². The van der Waals surface area contributed by atoms with E-state index in [1.54, 1.807) is 25.7 Å². The standard InChI is InChI=1S/C17H22N4O2S/c1-23-12-17(4-8-19-9-5-17)11-21-15(22)14-10-20-16(24-14)13-2-6-18-7-3-13/h2-3,6-7,10,19H,4-5,8-9,11-12H2,1H3,(H,21,22). The molecule has 0 aliphatic carbocycles. The largest absolute Gasteiger partial charge is 0.384 e. The van der Waals surface area contributed by atoms with E-state index in [1.807, 2.05) is 12.1 Å². The molecule has 0 spiro atoms.